The number of rotatable bonds is 4. The molecule has 1 aliphatic rings. The van der Waals surface area contributed by atoms with Crippen molar-refractivity contribution < 1.29 is 9.84 Å². The number of aliphatic hydroxyl groups is 1. The minimum Gasteiger partial charge on any atom is -0.394 e. The molecule has 0 radical (unpaired) electrons. The largest absolute Gasteiger partial charge is 0.394 e. The molecule has 0 bridgehead atoms. The molecule has 2 atom stereocenters. The Morgan fingerprint density at radius 3 is 2.67 bits per heavy atom. The first-order valence-corrected chi connectivity index (χ1v) is 5.54. The number of hydrogen-bond donors (Lipinski definition) is 1. The first kappa shape index (κ1) is 10.7. The maximum atomic E-state index is 8.88. The molecule has 0 saturated carbocycles. The Hall–Kier alpha value is -0.860. The van der Waals surface area contributed by atoms with Crippen LogP contribution in [0.15, 0.2) is 30.3 Å². The highest BCUT2D eigenvalue weighted by molar-refractivity contribution is 5.15. The van der Waals surface area contributed by atoms with E-state index in [4.69, 9.17) is 9.84 Å². The zero-order valence-electron chi connectivity index (χ0n) is 9.15. The Bertz CT molecular complexity index is 302. The van der Waals surface area contributed by atoms with Crippen LogP contribution in [0.5, 0.6) is 0 Å². The maximum Gasteiger partial charge on any atom is 0.0840 e. The molecule has 1 fully saturated rings. The quantitative estimate of drug-likeness (QED) is 0.818. The Morgan fingerprint density at radius 2 is 2.07 bits per heavy atom. The number of benzene rings is 1. The van der Waals surface area contributed by atoms with E-state index in [1.165, 1.54) is 5.56 Å². The van der Waals surface area contributed by atoms with Gasteiger partial charge in [-0.25, -0.2) is 0 Å². The lowest BCUT2D eigenvalue weighted by molar-refractivity contribution is -0.210. The summed E-state index contributed by atoms with van der Waals surface area (Å²) in [5.74, 6) is 0. The van der Waals surface area contributed by atoms with Gasteiger partial charge >= 0.3 is 0 Å². The number of ether oxygens (including phenoxy) is 1. The highest BCUT2D eigenvalue weighted by atomic mass is 16.5. The summed E-state index contributed by atoms with van der Waals surface area (Å²) in [6.45, 7) is 2.28. The molecular weight excluding hydrogens is 188 g/mol. The third-order valence-corrected chi connectivity index (χ3v) is 3.10. The lowest BCUT2D eigenvalue weighted by Gasteiger charge is -2.45. The fourth-order valence-electron chi connectivity index (χ4n) is 2.19. The number of aliphatic hydroxyl groups excluding tert-OH is 1. The molecule has 0 spiro atoms. The van der Waals surface area contributed by atoms with E-state index in [9.17, 15) is 0 Å². The highest BCUT2D eigenvalue weighted by Gasteiger charge is 2.40. The summed E-state index contributed by atoms with van der Waals surface area (Å²) >= 11 is 0. The lowest BCUT2D eigenvalue weighted by Crippen LogP contribution is -2.50. The summed E-state index contributed by atoms with van der Waals surface area (Å²) in [5, 5.41) is 8.88. The molecule has 1 N–H and O–H groups in total. The first-order chi connectivity index (χ1) is 7.22. The van der Waals surface area contributed by atoms with Crippen LogP contribution in [0, 0.1) is 0 Å². The summed E-state index contributed by atoms with van der Waals surface area (Å²) < 4.78 is 5.65. The normalized spacial score (nSPS) is 29.9. The highest BCUT2D eigenvalue weighted by Crippen LogP contribution is 2.35. The molecule has 0 aromatic heterocycles. The van der Waals surface area contributed by atoms with Gasteiger partial charge in [-0.3, -0.25) is 0 Å². The predicted molar refractivity (Wildman–Crippen MR) is 59.7 cm³/mol. The van der Waals surface area contributed by atoms with Gasteiger partial charge in [0, 0.05) is 6.42 Å². The van der Waals surface area contributed by atoms with Crippen molar-refractivity contribution in [1.29, 1.82) is 0 Å². The van der Waals surface area contributed by atoms with E-state index < -0.39 is 0 Å². The summed E-state index contributed by atoms with van der Waals surface area (Å²) in [6.07, 6.45) is 3.14. The lowest BCUT2D eigenvalue weighted by atomic mass is 9.86. The van der Waals surface area contributed by atoms with Crippen molar-refractivity contribution in [1.82, 2.24) is 0 Å². The van der Waals surface area contributed by atoms with Gasteiger partial charge < -0.3 is 9.84 Å². The van der Waals surface area contributed by atoms with Crippen LogP contribution in [0.4, 0.5) is 0 Å². The molecule has 2 unspecified atom stereocenters. The fraction of sp³-hybridized carbons (Fsp3) is 0.538. The van der Waals surface area contributed by atoms with Gasteiger partial charge in [0.05, 0.1) is 18.3 Å². The Balaban J connectivity index is 1.80. The van der Waals surface area contributed by atoms with Gasteiger partial charge in [-0.2, -0.15) is 0 Å². The zero-order chi connectivity index (χ0) is 10.7. The second-order valence-electron chi connectivity index (χ2n) is 4.56. The van der Waals surface area contributed by atoms with Gasteiger partial charge in [-0.15, -0.1) is 0 Å². The molecule has 2 rings (SSSR count). The van der Waals surface area contributed by atoms with E-state index in [0.29, 0.717) is 0 Å². The van der Waals surface area contributed by atoms with E-state index >= 15 is 0 Å². The van der Waals surface area contributed by atoms with Gasteiger partial charge in [-0.1, -0.05) is 30.3 Å². The van der Waals surface area contributed by atoms with Gasteiger partial charge in [0.25, 0.3) is 0 Å². The first-order valence-electron chi connectivity index (χ1n) is 5.54. The van der Waals surface area contributed by atoms with E-state index in [2.05, 4.69) is 31.2 Å². The van der Waals surface area contributed by atoms with Crippen molar-refractivity contribution in [2.75, 3.05) is 6.61 Å². The van der Waals surface area contributed by atoms with Crippen molar-refractivity contribution in [2.24, 2.45) is 0 Å². The summed E-state index contributed by atoms with van der Waals surface area (Å²) in [6, 6.07) is 10.5. The average Bonchev–Trinajstić information content (AvgIpc) is 2.24. The molecule has 2 nitrogen and oxygen atoms in total. The molecule has 2 heteroatoms. The molecule has 1 heterocycles. The molecule has 0 amide bonds. The van der Waals surface area contributed by atoms with Gasteiger partial charge in [0.2, 0.25) is 0 Å². The van der Waals surface area contributed by atoms with Crippen LogP contribution in [-0.2, 0) is 11.2 Å². The summed E-state index contributed by atoms with van der Waals surface area (Å²) in [5.41, 5.74) is 1.35. The molecule has 15 heavy (non-hydrogen) atoms. The average molecular weight is 206 g/mol. The summed E-state index contributed by atoms with van der Waals surface area (Å²) in [7, 11) is 0. The fourth-order valence-corrected chi connectivity index (χ4v) is 2.19. The van der Waals surface area contributed by atoms with Crippen LogP contribution >= 0.6 is 0 Å². The topological polar surface area (TPSA) is 29.5 Å². The van der Waals surface area contributed by atoms with Crippen LogP contribution in [0.2, 0.25) is 0 Å². The van der Waals surface area contributed by atoms with Crippen molar-refractivity contribution in [3.05, 3.63) is 35.9 Å². The van der Waals surface area contributed by atoms with Crippen LogP contribution in [-0.4, -0.2) is 23.4 Å². The van der Waals surface area contributed by atoms with Crippen LogP contribution in [0.1, 0.15) is 25.3 Å². The molecule has 1 aromatic carbocycles. The van der Waals surface area contributed by atoms with E-state index in [0.717, 1.165) is 19.3 Å². The molecule has 1 aromatic rings. The van der Waals surface area contributed by atoms with E-state index in [1.54, 1.807) is 0 Å². The molecule has 1 aliphatic heterocycles. The Kier molecular flexibility index (Phi) is 3.08. The number of aryl methyl sites for hydroxylation is 1. The third-order valence-electron chi connectivity index (χ3n) is 3.10. The monoisotopic (exact) mass is 206 g/mol. The third kappa shape index (κ3) is 2.58. The van der Waals surface area contributed by atoms with Crippen LogP contribution in [0.25, 0.3) is 0 Å². The Morgan fingerprint density at radius 1 is 1.40 bits per heavy atom. The number of hydrogen-bond acceptors (Lipinski definition) is 2. The van der Waals surface area contributed by atoms with Crippen molar-refractivity contribution >= 4 is 0 Å². The van der Waals surface area contributed by atoms with E-state index in [-0.39, 0.29) is 18.3 Å². The van der Waals surface area contributed by atoms with Gasteiger partial charge in [0.1, 0.15) is 0 Å². The Labute approximate surface area is 90.9 Å². The maximum absolute atomic E-state index is 8.88. The van der Waals surface area contributed by atoms with Gasteiger partial charge in [0.15, 0.2) is 0 Å². The van der Waals surface area contributed by atoms with Crippen LogP contribution in [0.3, 0.4) is 0 Å². The van der Waals surface area contributed by atoms with Crippen LogP contribution < -0.4 is 0 Å². The molecular formula is C13H18O2. The van der Waals surface area contributed by atoms with E-state index in [1.807, 2.05) is 6.07 Å². The second kappa shape index (κ2) is 4.33. The summed E-state index contributed by atoms with van der Waals surface area (Å²) in [4.78, 5) is 0. The molecule has 1 saturated heterocycles. The van der Waals surface area contributed by atoms with Crippen molar-refractivity contribution in [3.63, 3.8) is 0 Å². The minimum atomic E-state index is -0.0107. The smallest absolute Gasteiger partial charge is 0.0840 e. The van der Waals surface area contributed by atoms with Gasteiger partial charge in [-0.05, 0) is 25.3 Å². The predicted octanol–water partition coefficient (Wildman–Crippen LogP) is 2.16. The zero-order valence-corrected chi connectivity index (χ0v) is 9.15. The SMILES string of the molecule is CC1(CCc2ccccc2)CC(CO)O1. The van der Waals surface area contributed by atoms with Crippen molar-refractivity contribution in [2.45, 2.75) is 37.9 Å². The minimum absolute atomic E-state index is 0.0107. The van der Waals surface area contributed by atoms with Crippen molar-refractivity contribution in [3.8, 4) is 0 Å². The molecule has 82 valence electrons. The second-order valence-corrected chi connectivity index (χ2v) is 4.56. The standard InChI is InChI=1S/C13H18O2/c1-13(9-12(10-14)15-13)8-7-11-5-3-2-4-6-11/h2-6,12,14H,7-10H2,1H3. The molecule has 0 aliphatic carbocycles.